The van der Waals surface area contributed by atoms with Gasteiger partial charge in [0.05, 0.1) is 6.54 Å². The van der Waals surface area contributed by atoms with Crippen LogP contribution in [0.15, 0.2) is 24.4 Å². The first-order valence-electron chi connectivity index (χ1n) is 6.74. The summed E-state index contributed by atoms with van der Waals surface area (Å²) in [6.45, 7) is 4.52. The maximum absolute atomic E-state index is 11.8. The topological polar surface area (TPSA) is 36.4 Å². The molecule has 4 nitrogen and oxygen atoms in total. The van der Waals surface area contributed by atoms with Crippen LogP contribution < -0.4 is 4.90 Å². The number of carbonyl (C=O) groups excluding carboxylic acids is 1. The van der Waals surface area contributed by atoms with Gasteiger partial charge in [0.15, 0.2) is 0 Å². The van der Waals surface area contributed by atoms with Gasteiger partial charge in [-0.3, -0.25) is 9.69 Å². The molecule has 96 valence electrons. The molecule has 0 atom stereocenters. The Kier molecular flexibility index (Phi) is 3.28. The van der Waals surface area contributed by atoms with Crippen molar-refractivity contribution in [3.05, 3.63) is 24.4 Å². The number of Topliss-reactive ketones (excluding diaryl/α,β-unsaturated/α-hetero) is 1. The highest BCUT2D eigenvalue weighted by atomic mass is 16.1. The Morgan fingerprint density at radius 3 is 2.61 bits per heavy atom. The number of nitrogens with zero attached hydrogens (tertiary/aromatic N) is 3. The van der Waals surface area contributed by atoms with Gasteiger partial charge in [-0.05, 0) is 25.0 Å². The molecular formula is C14H19N3O. The minimum Gasteiger partial charge on any atom is -0.354 e. The number of aromatic nitrogens is 1. The summed E-state index contributed by atoms with van der Waals surface area (Å²) >= 11 is 0. The predicted octanol–water partition coefficient (Wildman–Crippen LogP) is 1.18. The molecule has 4 heteroatoms. The summed E-state index contributed by atoms with van der Waals surface area (Å²) in [4.78, 5) is 20.7. The zero-order valence-corrected chi connectivity index (χ0v) is 10.6. The third-order valence-electron chi connectivity index (χ3n) is 3.76. The Labute approximate surface area is 108 Å². The molecule has 18 heavy (non-hydrogen) atoms. The van der Waals surface area contributed by atoms with Gasteiger partial charge < -0.3 is 4.90 Å². The molecule has 2 heterocycles. The number of pyridine rings is 1. The molecule has 2 aliphatic rings. The SMILES string of the molecule is O=C(CN1CCN(c2ccccn2)CC1)C1CC1. The number of anilines is 1. The second-order valence-electron chi connectivity index (χ2n) is 5.19. The summed E-state index contributed by atoms with van der Waals surface area (Å²) in [7, 11) is 0. The number of piperazine rings is 1. The van der Waals surface area contributed by atoms with Crippen molar-refractivity contribution in [1.29, 1.82) is 0 Å². The number of carbonyl (C=O) groups is 1. The van der Waals surface area contributed by atoms with E-state index >= 15 is 0 Å². The molecule has 2 fully saturated rings. The summed E-state index contributed by atoms with van der Waals surface area (Å²) in [5, 5.41) is 0. The van der Waals surface area contributed by atoms with Gasteiger partial charge in [0.2, 0.25) is 0 Å². The van der Waals surface area contributed by atoms with Crippen molar-refractivity contribution in [3.8, 4) is 0 Å². The minimum atomic E-state index is 0.388. The van der Waals surface area contributed by atoms with Crippen molar-refractivity contribution < 1.29 is 4.79 Å². The monoisotopic (exact) mass is 245 g/mol. The predicted molar refractivity (Wildman–Crippen MR) is 70.6 cm³/mol. The van der Waals surface area contributed by atoms with Gasteiger partial charge in [0.25, 0.3) is 0 Å². The molecule has 0 unspecified atom stereocenters. The Morgan fingerprint density at radius 2 is 2.00 bits per heavy atom. The van der Waals surface area contributed by atoms with E-state index in [2.05, 4.69) is 14.8 Å². The molecule has 1 aromatic heterocycles. The second kappa shape index (κ2) is 5.06. The quantitative estimate of drug-likeness (QED) is 0.798. The number of hydrogen-bond donors (Lipinski definition) is 0. The first-order valence-corrected chi connectivity index (χ1v) is 6.74. The number of hydrogen-bond acceptors (Lipinski definition) is 4. The molecule has 0 bridgehead atoms. The Hall–Kier alpha value is -1.42. The molecule has 0 spiro atoms. The van der Waals surface area contributed by atoms with Crippen molar-refractivity contribution in [2.24, 2.45) is 5.92 Å². The summed E-state index contributed by atoms with van der Waals surface area (Å²) in [5.74, 6) is 1.88. The van der Waals surface area contributed by atoms with E-state index in [-0.39, 0.29) is 0 Å². The van der Waals surface area contributed by atoms with Crippen LogP contribution in [0.1, 0.15) is 12.8 Å². The van der Waals surface area contributed by atoms with E-state index in [4.69, 9.17) is 0 Å². The third-order valence-corrected chi connectivity index (χ3v) is 3.76. The van der Waals surface area contributed by atoms with E-state index in [9.17, 15) is 4.79 Å². The minimum absolute atomic E-state index is 0.388. The summed E-state index contributed by atoms with van der Waals surface area (Å²) in [5.41, 5.74) is 0. The average molecular weight is 245 g/mol. The summed E-state index contributed by atoms with van der Waals surface area (Å²) < 4.78 is 0. The molecule has 1 aromatic rings. The molecule has 0 aromatic carbocycles. The van der Waals surface area contributed by atoms with Crippen molar-refractivity contribution >= 4 is 11.6 Å². The van der Waals surface area contributed by atoms with Gasteiger partial charge in [-0.1, -0.05) is 6.07 Å². The second-order valence-corrected chi connectivity index (χ2v) is 5.19. The van der Waals surface area contributed by atoms with Crippen LogP contribution in [0, 0.1) is 5.92 Å². The first-order chi connectivity index (χ1) is 8.83. The highest BCUT2D eigenvalue weighted by Crippen LogP contribution is 2.30. The van der Waals surface area contributed by atoms with E-state index in [1.807, 2.05) is 24.4 Å². The Morgan fingerprint density at radius 1 is 1.22 bits per heavy atom. The Balaban J connectivity index is 1.50. The number of rotatable bonds is 4. The van der Waals surface area contributed by atoms with Gasteiger partial charge >= 0.3 is 0 Å². The van der Waals surface area contributed by atoms with E-state index in [0.717, 1.165) is 44.8 Å². The van der Waals surface area contributed by atoms with Crippen LogP contribution in [-0.2, 0) is 4.79 Å². The fourth-order valence-electron chi connectivity index (χ4n) is 2.43. The molecule has 1 aliphatic carbocycles. The van der Waals surface area contributed by atoms with Gasteiger partial charge in [-0.15, -0.1) is 0 Å². The van der Waals surface area contributed by atoms with Crippen molar-refractivity contribution in [3.63, 3.8) is 0 Å². The zero-order valence-electron chi connectivity index (χ0n) is 10.6. The normalized spacial score (nSPS) is 21.0. The lowest BCUT2D eigenvalue weighted by atomic mass is 10.2. The maximum Gasteiger partial charge on any atom is 0.149 e. The van der Waals surface area contributed by atoms with Gasteiger partial charge in [0.1, 0.15) is 11.6 Å². The standard InChI is InChI=1S/C14H19N3O/c18-13(12-4-5-12)11-16-7-9-17(10-8-16)14-3-1-2-6-15-14/h1-3,6,12H,4-5,7-11H2. The van der Waals surface area contributed by atoms with E-state index in [1.54, 1.807) is 0 Å². The summed E-state index contributed by atoms with van der Waals surface area (Å²) in [6.07, 6.45) is 4.07. The number of ketones is 1. The van der Waals surface area contributed by atoms with E-state index in [1.165, 1.54) is 0 Å². The van der Waals surface area contributed by atoms with Crippen LogP contribution in [0.4, 0.5) is 5.82 Å². The molecule has 1 aliphatic heterocycles. The molecule has 0 N–H and O–H groups in total. The largest absolute Gasteiger partial charge is 0.354 e. The maximum atomic E-state index is 11.8. The van der Waals surface area contributed by atoms with Gasteiger partial charge in [-0.25, -0.2) is 4.98 Å². The van der Waals surface area contributed by atoms with E-state index < -0.39 is 0 Å². The zero-order chi connectivity index (χ0) is 12.4. The molecule has 3 rings (SSSR count). The van der Waals surface area contributed by atoms with Gasteiger partial charge in [0, 0.05) is 38.3 Å². The van der Waals surface area contributed by atoms with Gasteiger partial charge in [-0.2, -0.15) is 0 Å². The van der Waals surface area contributed by atoms with Crippen LogP contribution in [0.2, 0.25) is 0 Å². The fourth-order valence-corrected chi connectivity index (χ4v) is 2.43. The molecule has 1 saturated carbocycles. The van der Waals surface area contributed by atoms with Crippen LogP contribution in [0.5, 0.6) is 0 Å². The third kappa shape index (κ3) is 2.70. The van der Waals surface area contributed by atoms with Crippen molar-refractivity contribution in [1.82, 2.24) is 9.88 Å². The van der Waals surface area contributed by atoms with Crippen molar-refractivity contribution in [2.75, 3.05) is 37.6 Å². The Bertz CT molecular complexity index is 408. The van der Waals surface area contributed by atoms with Crippen LogP contribution in [0.25, 0.3) is 0 Å². The molecular weight excluding hydrogens is 226 g/mol. The van der Waals surface area contributed by atoms with Crippen molar-refractivity contribution in [2.45, 2.75) is 12.8 Å². The van der Waals surface area contributed by atoms with Crippen LogP contribution in [-0.4, -0.2) is 48.4 Å². The molecule has 0 radical (unpaired) electrons. The lowest BCUT2D eigenvalue weighted by Gasteiger charge is -2.35. The van der Waals surface area contributed by atoms with Crippen LogP contribution >= 0.6 is 0 Å². The molecule has 1 saturated heterocycles. The lowest BCUT2D eigenvalue weighted by molar-refractivity contribution is -0.121. The van der Waals surface area contributed by atoms with Crippen LogP contribution in [0.3, 0.4) is 0 Å². The smallest absolute Gasteiger partial charge is 0.149 e. The highest BCUT2D eigenvalue weighted by molar-refractivity contribution is 5.85. The molecule has 0 amide bonds. The summed E-state index contributed by atoms with van der Waals surface area (Å²) in [6, 6.07) is 6.00. The van der Waals surface area contributed by atoms with E-state index in [0.29, 0.717) is 18.2 Å². The lowest BCUT2D eigenvalue weighted by Crippen LogP contribution is -2.48. The average Bonchev–Trinajstić information content (AvgIpc) is 3.25. The fraction of sp³-hybridized carbons (Fsp3) is 0.571. The first kappa shape index (κ1) is 11.7. The highest BCUT2D eigenvalue weighted by Gasteiger charge is 2.31.